The van der Waals surface area contributed by atoms with Gasteiger partial charge in [-0.25, -0.2) is 0 Å². The zero-order chi connectivity index (χ0) is 11.0. The summed E-state index contributed by atoms with van der Waals surface area (Å²) in [6.07, 6.45) is 0.374. The van der Waals surface area contributed by atoms with Gasteiger partial charge in [0.25, 0.3) is 0 Å². The quantitative estimate of drug-likeness (QED) is 0.640. The Hall–Kier alpha value is -0.250. The van der Waals surface area contributed by atoms with E-state index in [9.17, 15) is 13.2 Å². The van der Waals surface area contributed by atoms with Crippen LogP contribution in [0.1, 0.15) is 45.4 Å². The van der Waals surface area contributed by atoms with E-state index in [0.29, 0.717) is 6.42 Å². The largest absolute Gasteiger partial charge is 0.396 e. The fraction of sp³-hybridized carbons (Fsp3) is 1.00. The Morgan fingerprint density at radius 2 is 1.64 bits per heavy atom. The van der Waals surface area contributed by atoms with Gasteiger partial charge in [0, 0.05) is 0 Å². The Balaban J connectivity index is 3.54. The van der Waals surface area contributed by atoms with Crippen molar-refractivity contribution < 1.29 is 18.3 Å². The fourth-order valence-corrected chi connectivity index (χ4v) is 1.35. The van der Waals surface area contributed by atoms with E-state index >= 15 is 0 Å². The third kappa shape index (κ3) is 6.24. The molecule has 1 nitrogen and oxygen atoms in total. The Morgan fingerprint density at radius 1 is 1.07 bits per heavy atom. The summed E-state index contributed by atoms with van der Waals surface area (Å²) in [5.74, 6) is -1.52. The predicted molar refractivity (Wildman–Crippen MR) is 50.0 cm³/mol. The highest BCUT2D eigenvalue weighted by Gasteiger charge is 2.38. The highest BCUT2D eigenvalue weighted by Crippen LogP contribution is 2.29. The molecule has 0 amide bonds. The molecular formula is C10H19F3O. The van der Waals surface area contributed by atoms with Crippen LogP contribution in [0, 0.1) is 5.92 Å². The summed E-state index contributed by atoms with van der Waals surface area (Å²) in [4.78, 5) is 0. The lowest BCUT2D eigenvalue weighted by molar-refractivity contribution is -0.185. The van der Waals surface area contributed by atoms with Gasteiger partial charge >= 0.3 is 6.18 Å². The van der Waals surface area contributed by atoms with Crippen molar-refractivity contribution in [1.29, 1.82) is 0 Å². The number of alkyl halides is 3. The molecule has 0 aromatic carbocycles. The Bertz CT molecular complexity index is 134. The fourth-order valence-electron chi connectivity index (χ4n) is 1.35. The molecule has 4 heteroatoms. The average molecular weight is 212 g/mol. The first-order valence-corrected chi connectivity index (χ1v) is 5.20. The maximum Gasteiger partial charge on any atom is 0.394 e. The van der Waals surface area contributed by atoms with Gasteiger partial charge in [0.05, 0.1) is 12.5 Å². The summed E-state index contributed by atoms with van der Waals surface area (Å²) in [6, 6.07) is 0. The van der Waals surface area contributed by atoms with Crippen LogP contribution in [0.15, 0.2) is 0 Å². The number of aliphatic hydroxyl groups excluding tert-OH is 1. The molecule has 0 aromatic heterocycles. The number of hydrogen-bond donors (Lipinski definition) is 1. The third-order valence-electron chi connectivity index (χ3n) is 2.34. The molecule has 1 N–H and O–H groups in total. The maximum absolute atomic E-state index is 12.1. The van der Waals surface area contributed by atoms with Crippen LogP contribution in [0.2, 0.25) is 0 Å². The molecule has 0 fully saturated rings. The molecule has 0 aliphatic heterocycles. The second-order valence-electron chi connectivity index (χ2n) is 3.62. The van der Waals surface area contributed by atoms with E-state index in [1.54, 1.807) is 0 Å². The smallest absolute Gasteiger partial charge is 0.394 e. The zero-order valence-corrected chi connectivity index (χ0v) is 8.61. The molecule has 86 valence electrons. The summed E-state index contributed by atoms with van der Waals surface area (Å²) in [5.41, 5.74) is 0. The van der Waals surface area contributed by atoms with Crippen molar-refractivity contribution in [2.24, 2.45) is 5.92 Å². The van der Waals surface area contributed by atoms with E-state index in [1.807, 2.05) is 0 Å². The van der Waals surface area contributed by atoms with Gasteiger partial charge in [-0.05, 0) is 6.42 Å². The third-order valence-corrected chi connectivity index (χ3v) is 2.34. The van der Waals surface area contributed by atoms with Crippen molar-refractivity contribution in [1.82, 2.24) is 0 Å². The van der Waals surface area contributed by atoms with Crippen molar-refractivity contribution in [2.45, 2.75) is 51.6 Å². The first kappa shape index (κ1) is 13.8. The molecule has 14 heavy (non-hydrogen) atoms. The second kappa shape index (κ2) is 7.10. The lowest BCUT2D eigenvalue weighted by atomic mass is 10.0. The van der Waals surface area contributed by atoms with E-state index in [1.165, 1.54) is 0 Å². The monoisotopic (exact) mass is 212 g/mol. The summed E-state index contributed by atoms with van der Waals surface area (Å²) in [7, 11) is 0. The van der Waals surface area contributed by atoms with Gasteiger partial charge in [0.2, 0.25) is 0 Å². The first-order valence-electron chi connectivity index (χ1n) is 5.20. The van der Waals surface area contributed by atoms with Crippen molar-refractivity contribution in [3.05, 3.63) is 0 Å². The summed E-state index contributed by atoms with van der Waals surface area (Å²) >= 11 is 0. The Labute approximate surface area is 83.3 Å². The van der Waals surface area contributed by atoms with Crippen LogP contribution < -0.4 is 0 Å². The number of aliphatic hydroxyl groups is 1. The molecule has 0 rings (SSSR count). The number of unbranched alkanes of at least 4 members (excludes halogenated alkanes) is 4. The summed E-state index contributed by atoms with van der Waals surface area (Å²) in [5, 5.41) is 8.54. The predicted octanol–water partition coefficient (Wildman–Crippen LogP) is 3.52. The molecule has 0 aromatic rings. The van der Waals surface area contributed by atoms with Gasteiger partial charge in [-0.3, -0.25) is 0 Å². The minimum atomic E-state index is -4.24. The number of hydrogen-bond acceptors (Lipinski definition) is 1. The average Bonchev–Trinajstić information content (AvgIpc) is 2.09. The molecule has 0 saturated heterocycles. The molecular weight excluding hydrogens is 193 g/mol. The number of rotatable bonds is 7. The molecule has 0 heterocycles. The normalized spacial score (nSPS) is 14.4. The SMILES string of the molecule is CCCCCCCC(CO)C(F)(F)F. The van der Waals surface area contributed by atoms with E-state index in [4.69, 9.17) is 5.11 Å². The zero-order valence-electron chi connectivity index (χ0n) is 8.61. The minimum absolute atomic E-state index is 0.0592. The van der Waals surface area contributed by atoms with E-state index in [2.05, 4.69) is 6.92 Å². The van der Waals surface area contributed by atoms with Crippen molar-refractivity contribution in [2.75, 3.05) is 6.61 Å². The molecule has 0 saturated carbocycles. The maximum atomic E-state index is 12.1. The molecule has 0 bridgehead atoms. The van der Waals surface area contributed by atoms with Crippen molar-refractivity contribution >= 4 is 0 Å². The van der Waals surface area contributed by atoms with Gasteiger partial charge < -0.3 is 5.11 Å². The van der Waals surface area contributed by atoms with Crippen LogP contribution in [-0.2, 0) is 0 Å². The molecule has 1 atom stereocenters. The van der Waals surface area contributed by atoms with Crippen LogP contribution in [0.25, 0.3) is 0 Å². The molecule has 0 aliphatic carbocycles. The standard InChI is InChI=1S/C10H19F3O/c1-2-3-4-5-6-7-9(8-14)10(11,12)13/h9,14H,2-8H2,1H3. The Kier molecular flexibility index (Phi) is 6.97. The van der Waals surface area contributed by atoms with Crippen LogP contribution in [0.5, 0.6) is 0 Å². The van der Waals surface area contributed by atoms with Gasteiger partial charge in [-0.15, -0.1) is 0 Å². The minimum Gasteiger partial charge on any atom is -0.396 e. The van der Waals surface area contributed by atoms with Crippen molar-refractivity contribution in [3.8, 4) is 0 Å². The van der Waals surface area contributed by atoms with Crippen molar-refractivity contribution in [3.63, 3.8) is 0 Å². The van der Waals surface area contributed by atoms with Gasteiger partial charge in [-0.1, -0.05) is 39.0 Å². The summed E-state index contributed by atoms with van der Waals surface area (Å²) < 4.78 is 36.4. The van der Waals surface area contributed by atoms with Gasteiger partial charge in [0.15, 0.2) is 0 Å². The van der Waals surface area contributed by atoms with Crippen LogP contribution >= 0.6 is 0 Å². The topological polar surface area (TPSA) is 20.2 Å². The Morgan fingerprint density at radius 3 is 2.07 bits per heavy atom. The first-order chi connectivity index (χ1) is 6.52. The van der Waals surface area contributed by atoms with E-state index < -0.39 is 18.7 Å². The molecule has 1 unspecified atom stereocenters. The lowest BCUT2D eigenvalue weighted by Gasteiger charge is -2.17. The molecule has 0 spiro atoms. The van der Waals surface area contributed by atoms with Gasteiger partial charge in [-0.2, -0.15) is 13.2 Å². The van der Waals surface area contributed by atoms with Crippen LogP contribution in [-0.4, -0.2) is 17.9 Å². The summed E-state index contributed by atoms with van der Waals surface area (Å²) in [6.45, 7) is 1.28. The van der Waals surface area contributed by atoms with E-state index in [-0.39, 0.29) is 6.42 Å². The molecule has 0 aliphatic rings. The highest BCUT2D eigenvalue weighted by atomic mass is 19.4. The lowest BCUT2D eigenvalue weighted by Crippen LogP contribution is -2.26. The highest BCUT2D eigenvalue weighted by molar-refractivity contribution is 4.66. The van der Waals surface area contributed by atoms with Crippen LogP contribution in [0.4, 0.5) is 13.2 Å². The molecule has 0 radical (unpaired) electrons. The number of halogens is 3. The van der Waals surface area contributed by atoms with Gasteiger partial charge in [0.1, 0.15) is 0 Å². The van der Waals surface area contributed by atoms with E-state index in [0.717, 1.165) is 25.7 Å². The second-order valence-corrected chi connectivity index (χ2v) is 3.62. The van der Waals surface area contributed by atoms with Crippen LogP contribution in [0.3, 0.4) is 0 Å².